The van der Waals surface area contributed by atoms with Crippen molar-refractivity contribution >= 4 is 11.5 Å². The van der Waals surface area contributed by atoms with Gasteiger partial charge >= 0.3 is 0 Å². The lowest BCUT2D eigenvalue weighted by Crippen LogP contribution is -2.42. The monoisotopic (exact) mass is 234 g/mol. The second kappa shape index (κ2) is 4.33. The number of nitrogens with zero attached hydrogens (tertiary/aromatic N) is 2. The maximum atomic E-state index is 9.89. The van der Waals surface area contributed by atoms with E-state index < -0.39 is 5.60 Å². The average Bonchev–Trinajstić information content (AvgIpc) is 2.29. The third kappa shape index (κ3) is 2.74. The molecule has 0 aromatic carbocycles. The first-order valence-electron chi connectivity index (χ1n) is 5.76. The largest absolute Gasteiger partial charge is 0.390 e. The minimum atomic E-state index is -0.549. The molecule has 0 aliphatic carbocycles. The summed E-state index contributed by atoms with van der Waals surface area (Å²) in [7, 11) is 0. The number of aliphatic hydroxyl groups is 1. The van der Waals surface area contributed by atoms with Crippen LogP contribution in [0.3, 0.4) is 0 Å². The quantitative estimate of drug-likeness (QED) is 0.520. The van der Waals surface area contributed by atoms with Gasteiger partial charge in [-0.05, 0) is 31.9 Å². The van der Waals surface area contributed by atoms with Crippen LogP contribution in [-0.4, -0.2) is 34.6 Å². The van der Waals surface area contributed by atoms with Gasteiger partial charge in [-0.25, -0.2) is 0 Å². The smallest absolute Gasteiger partial charge is 0.141 e. The molecule has 1 aliphatic heterocycles. The molecule has 0 spiro atoms. The maximum absolute atomic E-state index is 9.89. The zero-order chi connectivity index (χ0) is 12.5. The van der Waals surface area contributed by atoms with Crippen LogP contribution in [0.25, 0.3) is 0 Å². The summed E-state index contributed by atoms with van der Waals surface area (Å²) in [4.78, 5) is 6.22. The number of nitrogen functional groups attached to an aromatic ring is 1. The second-order valence-corrected chi connectivity index (χ2v) is 4.80. The Labute approximate surface area is 101 Å². The molecule has 1 saturated heterocycles. The number of hydrogen-bond acceptors (Lipinski definition) is 4. The van der Waals surface area contributed by atoms with Crippen LogP contribution < -0.4 is 10.6 Å². The molecule has 0 bridgehead atoms. The Hall–Kier alpha value is -1.62. The van der Waals surface area contributed by atoms with Crippen LogP contribution in [0.1, 0.15) is 25.5 Å². The van der Waals surface area contributed by atoms with Crippen LogP contribution in [0.5, 0.6) is 0 Å². The molecule has 2 rings (SSSR count). The summed E-state index contributed by atoms with van der Waals surface area (Å²) in [5.74, 6) is -0.0177. The average molecular weight is 234 g/mol. The summed E-state index contributed by atoms with van der Waals surface area (Å²) in [6.45, 7) is 3.50. The summed E-state index contributed by atoms with van der Waals surface area (Å²) in [5, 5.41) is 17.3. The summed E-state index contributed by atoms with van der Waals surface area (Å²) >= 11 is 0. The molecular formula is C12H18N4O. The van der Waals surface area contributed by atoms with Gasteiger partial charge in [-0.15, -0.1) is 0 Å². The van der Waals surface area contributed by atoms with E-state index in [0.29, 0.717) is 5.69 Å². The van der Waals surface area contributed by atoms with E-state index in [1.807, 2.05) is 19.1 Å². The standard InChI is InChI=1S/C12H18N4O/c1-12(17)3-6-16(7-4-12)9-2-5-15-10(8-9)11(13)14/h2,5,8,17H,3-4,6-7H2,1H3,(H3,13,14). The highest BCUT2D eigenvalue weighted by atomic mass is 16.3. The zero-order valence-corrected chi connectivity index (χ0v) is 9.98. The highest BCUT2D eigenvalue weighted by Gasteiger charge is 2.27. The number of nitrogens with one attached hydrogen (secondary N) is 1. The van der Waals surface area contributed by atoms with Crippen LogP contribution in [0, 0.1) is 5.41 Å². The zero-order valence-electron chi connectivity index (χ0n) is 9.98. The summed E-state index contributed by atoms with van der Waals surface area (Å²) in [5.41, 5.74) is 6.38. The summed E-state index contributed by atoms with van der Waals surface area (Å²) < 4.78 is 0. The van der Waals surface area contributed by atoms with Gasteiger partial charge in [0.1, 0.15) is 11.5 Å². The van der Waals surface area contributed by atoms with Crippen LogP contribution in [-0.2, 0) is 0 Å². The number of amidine groups is 1. The number of hydrogen-bond donors (Lipinski definition) is 3. The van der Waals surface area contributed by atoms with Crippen molar-refractivity contribution in [3.63, 3.8) is 0 Å². The van der Waals surface area contributed by atoms with E-state index in [4.69, 9.17) is 11.1 Å². The first-order chi connectivity index (χ1) is 7.98. The van der Waals surface area contributed by atoms with Crippen LogP contribution in [0.4, 0.5) is 5.69 Å². The van der Waals surface area contributed by atoms with Crippen molar-refractivity contribution in [1.82, 2.24) is 4.98 Å². The molecule has 0 amide bonds. The van der Waals surface area contributed by atoms with Crippen LogP contribution in [0.2, 0.25) is 0 Å². The maximum Gasteiger partial charge on any atom is 0.141 e. The van der Waals surface area contributed by atoms with Gasteiger partial charge in [-0.2, -0.15) is 0 Å². The van der Waals surface area contributed by atoms with Gasteiger partial charge in [-0.3, -0.25) is 10.4 Å². The van der Waals surface area contributed by atoms with Gasteiger partial charge < -0.3 is 15.7 Å². The van der Waals surface area contributed by atoms with E-state index in [-0.39, 0.29) is 5.84 Å². The number of anilines is 1. The SMILES string of the molecule is CC1(O)CCN(c2ccnc(C(=N)N)c2)CC1. The lowest BCUT2D eigenvalue weighted by atomic mass is 9.93. The molecule has 1 fully saturated rings. The molecule has 5 nitrogen and oxygen atoms in total. The third-order valence-corrected chi connectivity index (χ3v) is 3.23. The minimum absolute atomic E-state index is 0.0177. The van der Waals surface area contributed by atoms with Gasteiger partial charge in [0.15, 0.2) is 0 Å². The fourth-order valence-electron chi connectivity index (χ4n) is 2.01. The van der Waals surface area contributed by atoms with Crippen molar-refractivity contribution < 1.29 is 5.11 Å². The predicted octanol–water partition coefficient (Wildman–Crippen LogP) is 0.717. The second-order valence-electron chi connectivity index (χ2n) is 4.80. The van der Waals surface area contributed by atoms with E-state index in [9.17, 15) is 5.11 Å². The Kier molecular flexibility index (Phi) is 3.02. The Morgan fingerprint density at radius 2 is 2.18 bits per heavy atom. The lowest BCUT2D eigenvalue weighted by molar-refractivity contribution is 0.0351. The first-order valence-corrected chi connectivity index (χ1v) is 5.76. The Balaban J connectivity index is 2.13. The van der Waals surface area contributed by atoms with Crippen LogP contribution in [0.15, 0.2) is 18.3 Å². The number of piperidine rings is 1. The molecule has 1 aromatic rings. The molecule has 0 radical (unpaired) electrons. The molecule has 1 aliphatic rings. The van der Waals surface area contributed by atoms with Gasteiger partial charge in [0.05, 0.1) is 5.60 Å². The molecule has 0 unspecified atom stereocenters. The molecule has 92 valence electrons. The third-order valence-electron chi connectivity index (χ3n) is 3.23. The van der Waals surface area contributed by atoms with E-state index >= 15 is 0 Å². The van der Waals surface area contributed by atoms with Gasteiger partial charge in [-0.1, -0.05) is 0 Å². The fourth-order valence-corrected chi connectivity index (χ4v) is 2.01. The van der Waals surface area contributed by atoms with Crippen molar-refractivity contribution in [3.8, 4) is 0 Å². The van der Waals surface area contributed by atoms with E-state index in [0.717, 1.165) is 31.6 Å². The molecule has 17 heavy (non-hydrogen) atoms. The highest BCUT2D eigenvalue weighted by Crippen LogP contribution is 2.25. The normalized spacial score (nSPS) is 19.1. The molecule has 0 saturated carbocycles. The van der Waals surface area contributed by atoms with Crippen molar-refractivity contribution in [2.45, 2.75) is 25.4 Å². The van der Waals surface area contributed by atoms with Crippen LogP contribution >= 0.6 is 0 Å². The number of rotatable bonds is 2. The molecule has 5 heteroatoms. The molecule has 0 atom stereocenters. The van der Waals surface area contributed by atoms with Gasteiger partial charge in [0.2, 0.25) is 0 Å². The van der Waals surface area contributed by atoms with Crippen molar-refractivity contribution in [2.75, 3.05) is 18.0 Å². The number of aromatic nitrogens is 1. The van der Waals surface area contributed by atoms with E-state index in [1.165, 1.54) is 0 Å². The summed E-state index contributed by atoms with van der Waals surface area (Å²) in [6, 6.07) is 3.73. The Morgan fingerprint density at radius 3 is 2.76 bits per heavy atom. The van der Waals surface area contributed by atoms with Gasteiger partial charge in [0, 0.05) is 25.0 Å². The molecular weight excluding hydrogens is 216 g/mol. The number of pyridine rings is 1. The van der Waals surface area contributed by atoms with Crippen molar-refractivity contribution in [1.29, 1.82) is 5.41 Å². The molecule has 4 N–H and O–H groups in total. The first kappa shape index (κ1) is 11.9. The van der Waals surface area contributed by atoms with Crippen molar-refractivity contribution in [3.05, 3.63) is 24.0 Å². The summed E-state index contributed by atoms with van der Waals surface area (Å²) in [6.07, 6.45) is 3.17. The van der Waals surface area contributed by atoms with E-state index in [1.54, 1.807) is 6.20 Å². The lowest BCUT2D eigenvalue weighted by Gasteiger charge is -2.37. The molecule has 1 aromatic heterocycles. The molecule has 2 heterocycles. The highest BCUT2D eigenvalue weighted by molar-refractivity contribution is 5.93. The Morgan fingerprint density at radius 1 is 1.53 bits per heavy atom. The van der Waals surface area contributed by atoms with E-state index in [2.05, 4.69) is 9.88 Å². The minimum Gasteiger partial charge on any atom is -0.390 e. The van der Waals surface area contributed by atoms with Crippen molar-refractivity contribution in [2.24, 2.45) is 5.73 Å². The Bertz CT molecular complexity index is 420. The topological polar surface area (TPSA) is 86.2 Å². The van der Waals surface area contributed by atoms with Gasteiger partial charge in [0.25, 0.3) is 0 Å². The fraction of sp³-hybridized carbons (Fsp3) is 0.500. The predicted molar refractivity (Wildman–Crippen MR) is 67.3 cm³/mol. The number of nitrogens with two attached hydrogens (primary N) is 1.